The first-order chi connectivity index (χ1) is 8.90. The zero-order valence-electron chi connectivity index (χ0n) is 10.3. The van der Waals surface area contributed by atoms with Gasteiger partial charge in [-0.05, 0) is 24.1 Å². The number of carboxylic acid groups (broad SMARTS) is 1. The average molecular weight is 283 g/mol. The highest BCUT2D eigenvalue weighted by molar-refractivity contribution is 6.30. The van der Waals surface area contributed by atoms with E-state index in [4.69, 9.17) is 22.4 Å². The first kappa shape index (κ1) is 13.8. The molecule has 5 nitrogen and oxygen atoms in total. The Morgan fingerprint density at radius 1 is 1.47 bits per heavy atom. The number of hydrogen-bond acceptors (Lipinski definition) is 3. The van der Waals surface area contributed by atoms with Gasteiger partial charge >= 0.3 is 5.97 Å². The van der Waals surface area contributed by atoms with Gasteiger partial charge < -0.3 is 15.7 Å². The van der Waals surface area contributed by atoms with E-state index in [0.29, 0.717) is 11.6 Å². The summed E-state index contributed by atoms with van der Waals surface area (Å²) < 4.78 is 0. The van der Waals surface area contributed by atoms with E-state index in [1.165, 1.54) is 4.90 Å². The first-order valence-electron chi connectivity index (χ1n) is 5.95. The minimum atomic E-state index is -1.32. The van der Waals surface area contributed by atoms with E-state index in [9.17, 15) is 9.59 Å². The summed E-state index contributed by atoms with van der Waals surface area (Å²) in [6.45, 7) is 0.434. The molecule has 0 radical (unpaired) electrons. The van der Waals surface area contributed by atoms with Gasteiger partial charge in [0, 0.05) is 18.1 Å². The maximum atomic E-state index is 12.1. The van der Waals surface area contributed by atoms with Crippen LogP contribution in [-0.4, -0.2) is 40.5 Å². The van der Waals surface area contributed by atoms with Crippen molar-refractivity contribution in [1.82, 2.24) is 4.90 Å². The third-order valence-electron chi connectivity index (χ3n) is 3.32. The number of carboxylic acids is 1. The predicted octanol–water partition coefficient (Wildman–Crippen LogP) is 0.897. The van der Waals surface area contributed by atoms with E-state index in [1.54, 1.807) is 18.2 Å². The van der Waals surface area contributed by atoms with Crippen LogP contribution < -0.4 is 5.73 Å². The highest BCUT2D eigenvalue weighted by Crippen LogP contribution is 2.20. The quantitative estimate of drug-likeness (QED) is 0.863. The number of nitrogens with zero attached hydrogens (tertiary/aromatic N) is 1. The zero-order valence-corrected chi connectivity index (χ0v) is 11.1. The first-order valence-corrected chi connectivity index (χ1v) is 6.33. The molecule has 102 valence electrons. The second kappa shape index (κ2) is 5.19. The molecule has 1 aromatic rings. The van der Waals surface area contributed by atoms with Crippen LogP contribution in [0.25, 0.3) is 0 Å². The minimum Gasteiger partial charge on any atom is -0.480 e. The van der Waals surface area contributed by atoms with Gasteiger partial charge in [0.15, 0.2) is 0 Å². The molecule has 1 aliphatic rings. The SMILES string of the molecule is NC1(C(=O)O)CCN(C(=O)Cc2cccc(Cl)c2)C1. The molecule has 0 bridgehead atoms. The number of benzene rings is 1. The van der Waals surface area contributed by atoms with Gasteiger partial charge in [0.05, 0.1) is 6.42 Å². The van der Waals surface area contributed by atoms with E-state index in [0.717, 1.165) is 5.56 Å². The summed E-state index contributed by atoms with van der Waals surface area (Å²) in [5, 5.41) is 9.59. The predicted molar refractivity (Wildman–Crippen MR) is 70.9 cm³/mol. The van der Waals surface area contributed by atoms with Gasteiger partial charge in [-0.25, -0.2) is 0 Å². The Kier molecular flexibility index (Phi) is 3.78. The number of carbonyl (C=O) groups is 2. The van der Waals surface area contributed by atoms with Crippen molar-refractivity contribution in [2.45, 2.75) is 18.4 Å². The molecule has 0 aliphatic carbocycles. The van der Waals surface area contributed by atoms with Gasteiger partial charge in [-0.2, -0.15) is 0 Å². The number of halogens is 1. The molecule has 1 amide bonds. The van der Waals surface area contributed by atoms with Crippen molar-refractivity contribution >= 4 is 23.5 Å². The Hall–Kier alpha value is -1.59. The Labute approximate surface area is 116 Å². The lowest BCUT2D eigenvalue weighted by Crippen LogP contribution is -2.50. The summed E-state index contributed by atoms with van der Waals surface area (Å²) in [7, 11) is 0. The highest BCUT2D eigenvalue weighted by atomic mass is 35.5. The highest BCUT2D eigenvalue weighted by Gasteiger charge is 2.42. The van der Waals surface area contributed by atoms with E-state index >= 15 is 0 Å². The van der Waals surface area contributed by atoms with Gasteiger partial charge in [-0.3, -0.25) is 9.59 Å². The maximum Gasteiger partial charge on any atom is 0.325 e. The maximum absolute atomic E-state index is 12.1. The van der Waals surface area contributed by atoms with Crippen molar-refractivity contribution < 1.29 is 14.7 Å². The summed E-state index contributed by atoms with van der Waals surface area (Å²) in [5.74, 6) is -1.19. The van der Waals surface area contributed by atoms with Crippen LogP contribution in [0.3, 0.4) is 0 Å². The number of nitrogens with two attached hydrogens (primary N) is 1. The van der Waals surface area contributed by atoms with Gasteiger partial charge in [0.1, 0.15) is 5.54 Å². The summed E-state index contributed by atoms with van der Waals surface area (Å²) in [6, 6.07) is 7.05. The van der Waals surface area contributed by atoms with Crippen LogP contribution >= 0.6 is 11.6 Å². The van der Waals surface area contributed by atoms with Crippen molar-refractivity contribution in [2.24, 2.45) is 5.73 Å². The second-order valence-corrected chi connectivity index (χ2v) is 5.27. The number of hydrogen-bond donors (Lipinski definition) is 2. The largest absolute Gasteiger partial charge is 0.480 e. The van der Waals surface area contributed by atoms with E-state index in [2.05, 4.69) is 0 Å². The zero-order chi connectivity index (χ0) is 14.0. The van der Waals surface area contributed by atoms with E-state index in [-0.39, 0.29) is 25.3 Å². The molecule has 3 N–H and O–H groups in total. The normalized spacial score (nSPS) is 22.5. The molecule has 19 heavy (non-hydrogen) atoms. The van der Waals surface area contributed by atoms with Crippen molar-refractivity contribution in [3.63, 3.8) is 0 Å². The van der Waals surface area contributed by atoms with Crippen molar-refractivity contribution in [3.8, 4) is 0 Å². The Morgan fingerprint density at radius 3 is 2.79 bits per heavy atom. The van der Waals surface area contributed by atoms with Crippen LogP contribution in [0.5, 0.6) is 0 Å². The molecule has 0 aromatic heterocycles. The Balaban J connectivity index is 2.01. The van der Waals surface area contributed by atoms with Gasteiger partial charge in [0.25, 0.3) is 0 Å². The van der Waals surface area contributed by atoms with Crippen LogP contribution in [0.2, 0.25) is 5.02 Å². The van der Waals surface area contributed by atoms with Gasteiger partial charge in [0.2, 0.25) is 5.91 Å². The van der Waals surface area contributed by atoms with Gasteiger partial charge in [-0.1, -0.05) is 23.7 Å². The third-order valence-corrected chi connectivity index (χ3v) is 3.56. The molecule has 6 heteroatoms. The van der Waals surface area contributed by atoms with Crippen LogP contribution in [0, 0.1) is 0 Å². The minimum absolute atomic E-state index is 0.0573. The molecule has 1 aliphatic heterocycles. The third kappa shape index (κ3) is 3.05. The molecule has 1 aromatic carbocycles. The van der Waals surface area contributed by atoms with Crippen molar-refractivity contribution in [2.75, 3.05) is 13.1 Å². The lowest BCUT2D eigenvalue weighted by atomic mass is 10.0. The lowest BCUT2D eigenvalue weighted by Gasteiger charge is -2.20. The second-order valence-electron chi connectivity index (χ2n) is 4.83. The Morgan fingerprint density at radius 2 is 2.21 bits per heavy atom. The van der Waals surface area contributed by atoms with Crippen LogP contribution in [0.4, 0.5) is 0 Å². The fourth-order valence-corrected chi connectivity index (χ4v) is 2.37. The number of amides is 1. The summed E-state index contributed by atoms with van der Waals surface area (Å²) >= 11 is 5.85. The fourth-order valence-electron chi connectivity index (χ4n) is 2.15. The van der Waals surface area contributed by atoms with Gasteiger partial charge in [-0.15, -0.1) is 0 Å². The smallest absolute Gasteiger partial charge is 0.325 e. The molecule has 1 unspecified atom stereocenters. The lowest BCUT2D eigenvalue weighted by molar-refractivity contribution is -0.143. The molecule has 1 heterocycles. The topological polar surface area (TPSA) is 83.6 Å². The van der Waals surface area contributed by atoms with Crippen LogP contribution in [-0.2, 0) is 16.0 Å². The molecule has 1 fully saturated rings. The molecular formula is C13H15ClN2O3. The molecule has 1 saturated heterocycles. The molecular weight excluding hydrogens is 268 g/mol. The van der Waals surface area contributed by atoms with Crippen LogP contribution in [0.1, 0.15) is 12.0 Å². The van der Waals surface area contributed by atoms with Crippen LogP contribution in [0.15, 0.2) is 24.3 Å². The number of rotatable bonds is 3. The number of likely N-dealkylation sites (tertiary alicyclic amines) is 1. The molecule has 1 atom stereocenters. The monoisotopic (exact) mass is 282 g/mol. The Bertz CT molecular complexity index is 520. The standard InChI is InChI=1S/C13H15ClN2O3/c14-10-3-1-2-9(6-10)7-11(17)16-5-4-13(15,8-16)12(18)19/h1-3,6H,4-5,7-8,15H2,(H,18,19). The van der Waals surface area contributed by atoms with E-state index < -0.39 is 11.5 Å². The summed E-state index contributed by atoms with van der Waals surface area (Å²) in [5.41, 5.74) is 5.23. The number of carbonyl (C=O) groups excluding carboxylic acids is 1. The molecule has 0 saturated carbocycles. The molecule has 2 rings (SSSR count). The number of aliphatic carboxylic acids is 1. The summed E-state index contributed by atoms with van der Waals surface area (Å²) in [6.07, 6.45) is 0.486. The fraction of sp³-hybridized carbons (Fsp3) is 0.385. The summed E-state index contributed by atoms with van der Waals surface area (Å²) in [4.78, 5) is 24.6. The molecule has 0 spiro atoms. The average Bonchev–Trinajstić information content (AvgIpc) is 2.73. The van der Waals surface area contributed by atoms with E-state index in [1.807, 2.05) is 6.07 Å². The van der Waals surface area contributed by atoms with Crippen molar-refractivity contribution in [1.29, 1.82) is 0 Å². The van der Waals surface area contributed by atoms with Crippen molar-refractivity contribution in [3.05, 3.63) is 34.9 Å².